The van der Waals surface area contributed by atoms with Crippen LogP contribution >= 0.6 is 11.6 Å². The standard InChI is InChI=1S/C22H19ClN2O5/c1-3-4-15-9-14(10-17-20(26)24-22(28)25-21(17)27)11-18(29-2)19(15)30-12-13-5-7-16(23)8-6-13/h3,5-11H,1,4,12H2,2H3,(H2,24,25,26,27,28). The van der Waals surface area contributed by atoms with Gasteiger partial charge in [-0.25, -0.2) is 4.79 Å². The summed E-state index contributed by atoms with van der Waals surface area (Å²) in [4.78, 5) is 35.2. The molecule has 1 aliphatic rings. The lowest BCUT2D eigenvalue weighted by molar-refractivity contribution is -0.123. The summed E-state index contributed by atoms with van der Waals surface area (Å²) in [6.07, 6.45) is 3.56. The van der Waals surface area contributed by atoms with Gasteiger partial charge in [0, 0.05) is 10.6 Å². The summed E-state index contributed by atoms with van der Waals surface area (Å²) < 4.78 is 11.5. The van der Waals surface area contributed by atoms with Crippen molar-refractivity contribution in [1.82, 2.24) is 10.6 Å². The molecule has 2 N–H and O–H groups in total. The molecule has 0 atom stereocenters. The van der Waals surface area contributed by atoms with E-state index >= 15 is 0 Å². The number of benzene rings is 2. The van der Waals surface area contributed by atoms with E-state index in [4.69, 9.17) is 21.1 Å². The SMILES string of the molecule is C=CCc1cc(C=C2C(=O)NC(=O)NC2=O)cc(OC)c1OCc1ccc(Cl)cc1. The van der Waals surface area contributed by atoms with Crippen LogP contribution in [-0.2, 0) is 22.6 Å². The maximum atomic E-state index is 12.0. The zero-order valence-corrected chi connectivity index (χ0v) is 16.9. The molecule has 4 amide bonds. The predicted molar refractivity (Wildman–Crippen MR) is 112 cm³/mol. The monoisotopic (exact) mass is 426 g/mol. The molecule has 0 aromatic heterocycles. The molecule has 1 saturated heterocycles. The highest BCUT2D eigenvalue weighted by Gasteiger charge is 2.28. The van der Waals surface area contributed by atoms with Crippen LogP contribution in [0.2, 0.25) is 5.02 Å². The first kappa shape index (κ1) is 21.1. The quantitative estimate of drug-likeness (QED) is 0.402. The molecule has 3 rings (SSSR count). The summed E-state index contributed by atoms with van der Waals surface area (Å²) in [6.45, 7) is 4.06. The Morgan fingerprint density at radius 3 is 2.33 bits per heavy atom. The third-order valence-corrected chi connectivity index (χ3v) is 4.54. The molecule has 1 heterocycles. The average Bonchev–Trinajstić information content (AvgIpc) is 2.71. The van der Waals surface area contributed by atoms with Crippen molar-refractivity contribution in [3.63, 3.8) is 0 Å². The van der Waals surface area contributed by atoms with E-state index in [0.717, 1.165) is 11.1 Å². The molecule has 7 nitrogen and oxygen atoms in total. The van der Waals surface area contributed by atoms with E-state index in [1.54, 1.807) is 30.3 Å². The minimum Gasteiger partial charge on any atom is -0.493 e. The molecule has 2 aromatic rings. The summed E-state index contributed by atoms with van der Waals surface area (Å²) in [5.41, 5.74) is 2.04. The molecule has 8 heteroatoms. The molecule has 30 heavy (non-hydrogen) atoms. The van der Waals surface area contributed by atoms with Gasteiger partial charge in [0.05, 0.1) is 7.11 Å². The van der Waals surface area contributed by atoms with Crippen LogP contribution in [0.25, 0.3) is 6.08 Å². The number of carbonyl (C=O) groups excluding carboxylic acids is 3. The molecule has 1 aliphatic heterocycles. The summed E-state index contributed by atoms with van der Waals surface area (Å²) in [6, 6.07) is 9.85. The highest BCUT2D eigenvalue weighted by molar-refractivity contribution is 6.31. The summed E-state index contributed by atoms with van der Waals surface area (Å²) >= 11 is 5.92. The second-order valence-corrected chi connectivity index (χ2v) is 6.85. The van der Waals surface area contributed by atoms with Crippen LogP contribution in [0.1, 0.15) is 16.7 Å². The number of imide groups is 2. The van der Waals surface area contributed by atoms with Crippen LogP contribution in [0.4, 0.5) is 4.79 Å². The third kappa shape index (κ3) is 4.87. The second kappa shape index (κ2) is 9.28. The normalized spacial score (nSPS) is 13.4. The fourth-order valence-electron chi connectivity index (χ4n) is 2.90. The van der Waals surface area contributed by atoms with Crippen LogP contribution in [0, 0.1) is 0 Å². The maximum Gasteiger partial charge on any atom is 0.328 e. The predicted octanol–water partition coefficient (Wildman–Crippen LogP) is 3.41. The van der Waals surface area contributed by atoms with Gasteiger partial charge in [-0.2, -0.15) is 0 Å². The van der Waals surface area contributed by atoms with E-state index in [1.165, 1.54) is 13.2 Å². The number of methoxy groups -OCH3 is 1. The van der Waals surface area contributed by atoms with E-state index in [-0.39, 0.29) is 5.57 Å². The van der Waals surface area contributed by atoms with Crippen LogP contribution in [0.3, 0.4) is 0 Å². The Balaban J connectivity index is 1.94. The Morgan fingerprint density at radius 2 is 1.73 bits per heavy atom. The number of hydrogen-bond acceptors (Lipinski definition) is 5. The Hall–Kier alpha value is -3.58. The fourth-order valence-corrected chi connectivity index (χ4v) is 3.02. The maximum absolute atomic E-state index is 12.0. The number of amides is 4. The van der Waals surface area contributed by atoms with Crippen LogP contribution in [0.15, 0.2) is 54.6 Å². The molecule has 0 unspecified atom stereocenters. The number of halogens is 1. The molecule has 0 radical (unpaired) electrons. The Bertz CT molecular complexity index is 1020. The first-order chi connectivity index (χ1) is 14.4. The second-order valence-electron chi connectivity index (χ2n) is 6.41. The van der Waals surface area contributed by atoms with Crippen LogP contribution < -0.4 is 20.1 Å². The summed E-state index contributed by atoms with van der Waals surface area (Å²) in [5, 5.41) is 4.72. The van der Waals surface area contributed by atoms with Crippen molar-refractivity contribution >= 4 is 35.5 Å². The Labute approximate surface area is 178 Å². The van der Waals surface area contributed by atoms with Gasteiger partial charge in [-0.3, -0.25) is 20.2 Å². The van der Waals surface area contributed by atoms with Gasteiger partial charge in [0.1, 0.15) is 12.2 Å². The van der Waals surface area contributed by atoms with Crippen molar-refractivity contribution in [2.75, 3.05) is 7.11 Å². The molecular formula is C22H19ClN2O5. The number of nitrogens with one attached hydrogen (secondary N) is 2. The molecule has 0 bridgehead atoms. The molecule has 0 aliphatic carbocycles. The number of carbonyl (C=O) groups is 3. The average molecular weight is 427 g/mol. The van der Waals surface area contributed by atoms with Gasteiger partial charge >= 0.3 is 6.03 Å². The molecule has 0 saturated carbocycles. The smallest absolute Gasteiger partial charge is 0.328 e. The lowest BCUT2D eigenvalue weighted by Gasteiger charge is -2.17. The van der Waals surface area contributed by atoms with Gasteiger partial charge in [-0.15, -0.1) is 6.58 Å². The van der Waals surface area contributed by atoms with Crippen molar-refractivity contribution in [2.45, 2.75) is 13.0 Å². The zero-order chi connectivity index (χ0) is 21.7. The number of urea groups is 1. The Morgan fingerprint density at radius 1 is 1.07 bits per heavy atom. The van der Waals surface area contributed by atoms with Crippen LogP contribution in [0.5, 0.6) is 11.5 Å². The van der Waals surface area contributed by atoms with Crippen LogP contribution in [-0.4, -0.2) is 25.0 Å². The van der Waals surface area contributed by atoms with Crippen molar-refractivity contribution in [1.29, 1.82) is 0 Å². The number of ether oxygens (including phenoxy) is 2. The number of rotatable bonds is 7. The lowest BCUT2D eigenvalue weighted by Crippen LogP contribution is -2.51. The third-order valence-electron chi connectivity index (χ3n) is 4.29. The highest BCUT2D eigenvalue weighted by atomic mass is 35.5. The summed E-state index contributed by atoms with van der Waals surface area (Å²) in [5.74, 6) is -0.572. The van der Waals surface area contributed by atoms with E-state index in [0.29, 0.717) is 35.1 Å². The van der Waals surface area contributed by atoms with Gasteiger partial charge < -0.3 is 9.47 Å². The molecule has 1 fully saturated rings. The van der Waals surface area contributed by atoms with Gasteiger partial charge in [-0.1, -0.05) is 29.8 Å². The first-order valence-corrected chi connectivity index (χ1v) is 9.36. The first-order valence-electron chi connectivity index (χ1n) is 8.98. The van der Waals surface area contributed by atoms with E-state index in [2.05, 4.69) is 6.58 Å². The van der Waals surface area contributed by atoms with Crippen molar-refractivity contribution in [3.8, 4) is 11.5 Å². The van der Waals surface area contributed by atoms with E-state index < -0.39 is 17.8 Å². The number of hydrogen-bond donors (Lipinski definition) is 2. The lowest BCUT2D eigenvalue weighted by atomic mass is 10.0. The molecular weight excluding hydrogens is 408 g/mol. The van der Waals surface area contributed by atoms with Gasteiger partial charge in [0.25, 0.3) is 11.8 Å². The van der Waals surface area contributed by atoms with E-state index in [1.807, 2.05) is 22.8 Å². The van der Waals surface area contributed by atoms with Gasteiger partial charge in [0.2, 0.25) is 0 Å². The summed E-state index contributed by atoms with van der Waals surface area (Å²) in [7, 11) is 1.50. The largest absolute Gasteiger partial charge is 0.493 e. The topological polar surface area (TPSA) is 93.7 Å². The van der Waals surface area contributed by atoms with Gasteiger partial charge in [-0.05, 0) is 47.9 Å². The molecule has 2 aromatic carbocycles. The highest BCUT2D eigenvalue weighted by Crippen LogP contribution is 2.35. The molecule has 0 spiro atoms. The van der Waals surface area contributed by atoms with E-state index in [9.17, 15) is 14.4 Å². The Kier molecular flexibility index (Phi) is 6.54. The minimum atomic E-state index is -0.849. The van der Waals surface area contributed by atoms with Crippen molar-refractivity contribution < 1.29 is 23.9 Å². The zero-order valence-electron chi connectivity index (χ0n) is 16.2. The van der Waals surface area contributed by atoms with Crippen molar-refractivity contribution in [3.05, 3.63) is 76.3 Å². The number of barbiturate groups is 1. The number of allylic oxidation sites excluding steroid dienone is 1. The van der Waals surface area contributed by atoms with Crippen molar-refractivity contribution in [2.24, 2.45) is 0 Å². The minimum absolute atomic E-state index is 0.184. The molecule has 154 valence electrons. The van der Waals surface area contributed by atoms with Gasteiger partial charge in [0.15, 0.2) is 11.5 Å². The fraction of sp³-hybridized carbons (Fsp3) is 0.136.